The van der Waals surface area contributed by atoms with Crippen molar-refractivity contribution in [2.75, 3.05) is 13.2 Å². The smallest absolute Gasteiger partial charge is 0.302 e. The van der Waals surface area contributed by atoms with Gasteiger partial charge in [-0.25, -0.2) is 0 Å². The van der Waals surface area contributed by atoms with Crippen molar-refractivity contribution in [3.8, 4) is 5.75 Å². The highest BCUT2D eigenvalue weighted by molar-refractivity contribution is 5.65. The lowest BCUT2D eigenvalue weighted by molar-refractivity contribution is -0.143. The second kappa shape index (κ2) is 6.03. The molecule has 82 valence electrons. The number of benzene rings is 1. The van der Waals surface area contributed by atoms with Gasteiger partial charge in [-0.3, -0.25) is 4.79 Å². The van der Waals surface area contributed by atoms with Crippen molar-refractivity contribution in [1.29, 1.82) is 0 Å². The fourth-order valence-corrected chi connectivity index (χ4v) is 1.03. The maximum atomic E-state index is 10.6. The van der Waals surface area contributed by atoms with E-state index in [4.69, 9.17) is 14.6 Å². The van der Waals surface area contributed by atoms with Gasteiger partial charge in [-0.05, 0) is 12.1 Å². The normalized spacial score (nSPS) is 11.9. The Morgan fingerprint density at radius 3 is 2.60 bits per heavy atom. The predicted octanol–water partition coefficient (Wildman–Crippen LogP) is 0.989. The van der Waals surface area contributed by atoms with Gasteiger partial charge in [0.2, 0.25) is 0 Å². The quantitative estimate of drug-likeness (QED) is 0.736. The van der Waals surface area contributed by atoms with Gasteiger partial charge in [-0.15, -0.1) is 0 Å². The molecule has 0 spiro atoms. The first kappa shape index (κ1) is 11.5. The van der Waals surface area contributed by atoms with E-state index < -0.39 is 6.10 Å². The summed E-state index contributed by atoms with van der Waals surface area (Å²) in [5.74, 6) is 0.258. The molecule has 4 heteroatoms. The molecular formula is C11H14O4. The zero-order valence-corrected chi connectivity index (χ0v) is 8.55. The van der Waals surface area contributed by atoms with Crippen molar-refractivity contribution in [2.24, 2.45) is 0 Å². The van der Waals surface area contributed by atoms with Gasteiger partial charge in [0.15, 0.2) is 6.10 Å². The van der Waals surface area contributed by atoms with Crippen molar-refractivity contribution in [3.63, 3.8) is 0 Å². The van der Waals surface area contributed by atoms with E-state index in [0.29, 0.717) is 5.75 Å². The highest BCUT2D eigenvalue weighted by atomic mass is 16.6. The summed E-state index contributed by atoms with van der Waals surface area (Å²) >= 11 is 0. The van der Waals surface area contributed by atoms with E-state index in [-0.39, 0.29) is 19.2 Å². The number of aliphatic hydroxyl groups excluding tert-OH is 1. The van der Waals surface area contributed by atoms with Crippen molar-refractivity contribution in [2.45, 2.75) is 13.0 Å². The molecular weight excluding hydrogens is 196 g/mol. The molecule has 1 aromatic carbocycles. The Morgan fingerprint density at radius 1 is 1.40 bits per heavy atom. The molecule has 0 aromatic heterocycles. The number of rotatable bonds is 5. The van der Waals surface area contributed by atoms with Crippen LogP contribution in [0.25, 0.3) is 0 Å². The first-order valence-electron chi connectivity index (χ1n) is 4.68. The van der Waals surface area contributed by atoms with Crippen LogP contribution in [0.1, 0.15) is 6.92 Å². The zero-order valence-electron chi connectivity index (χ0n) is 8.55. The summed E-state index contributed by atoms with van der Waals surface area (Å²) < 4.78 is 10.1. The van der Waals surface area contributed by atoms with E-state index >= 15 is 0 Å². The minimum atomic E-state index is -0.517. The van der Waals surface area contributed by atoms with E-state index in [2.05, 4.69) is 0 Å². The first-order chi connectivity index (χ1) is 7.22. The Labute approximate surface area is 88.4 Å². The molecule has 0 fully saturated rings. The fraction of sp³-hybridized carbons (Fsp3) is 0.364. The van der Waals surface area contributed by atoms with E-state index in [9.17, 15) is 4.79 Å². The van der Waals surface area contributed by atoms with Crippen LogP contribution in [0, 0.1) is 0 Å². The Kier molecular flexibility index (Phi) is 4.63. The average molecular weight is 210 g/mol. The number of hydrogen-bond donors (Lipinski definition) is 1. The number of para-hydroxylation sites is 1. The van der Waals surface area contributed by atoms with Crippen LogP contribution in [0.2, 0.25) is 0 Å². The van der Waals surface area contributed by atoms with Gasteiger partial charge in [-0.2, -0.15) is 0 Å². The van der Waals surface area contributed by atoms with Crippen LogP contribution >= 0.6 is 0 Å². The minimum Gasteiger partial charge on any atom is -0.484 e. The molecule has 1 rings (SSSR count). The van der Waals surface area contributed by atoms with Crippen molar-refractivity contribution >= 4 is 5.97 Å². The first-order valence-corrected chi connectivity index (χ1v) is 4.68. The summed E-state index contributed by atoms with van der Waals surface area (Å²) in [6.07, 6.45) is -0.517. The Balaban J connectivity index is 2.43. The Bertz CT molecular complexity index is 297. The van der Waals surface area contributed by atoms with E-state index in [1.807, 2.05) is 18.2 Å². The summed E-state index contributed by atoms with van der Waals surface area (Å²) in [6.45, 7) is 1.18. The SMILES string of the molecule is CC(=O)OC[C@@H](CO)Oc1ccccc1. The molecule has 0 saturated carbocycles. The molecule has 0 aliphatic heterocycles. The summed E-state index contributed by atoms with van der Waals surface area (Å²) in [4.78, 5) is 10.6. The molecule has 0 radical (unpaired) electrons. The predicted molar refractivity (Wildman–Crippen MR) is 54.6 cm³/mol. The number of hydrogen-bond acceptors (Lipinski definition) is 4. The lowest BCUT2D eigenvalue weighted by atomic mass is 10.3. The van der Waals surface area contributed by atoms with Gasteiger partial charge in [-0.1, -0.05) is 18.2 Å². The molecule has 1 N–H and O–H groups in total. The number of aliphatic hydroxyl groups is 1. The summed E-state index contributed by atoms with van der Waals surface area (Å²) in [5.41, 5.74) is 0. The number of carbonyl (C=O) groups is 1. The van der Waals surface area contributed by atoms with E-state index in [1.54, 1.807) is 12.1 Å². The van der Waals surface area contributed by atoms with Gasteiger partial charge < -0.3 is 14.6 Å². The van der Waals surface area contributed by atoms with Crippen LogP contribution in [-0.4, -0.2) is 30.4 Å². The minimum absolute atomic E-state index is 0.0563. The van der Waals surface area contributed by atoms with Crippen LogP contribution in [-0.2, 0) is 9.53 Å². The monoisotopic (exact) mass is 210 g/mol. The summed E-state index contributed by atoms with van der Waals surface area (Å²) in [7, 11) is 0. The molecule has 0 aliphatic rings. The molecule has 15 heavy (non-hydrogen) atoms. The molecule has 4 nitrogen and oxygen atoms in total. The van der Waals surface area contributed by atoms with Crippen molar-refractivity contribution in [1.82, 2.24) is 0 Å². The Hall–Kier alpha value is -1.55. The van der Waals surface area contributed by atoms with Gasteiger partial charge in [0.1, 0.15) is 12.4 Å². The second-order valence-corrected chi connectivity index (χ2v) is 3.04. The molecule has 1 atom stereocenters. The third-order valence-corrected chi connectivity index (χ3v) is 1.72. The van der Waals surface area contributed by atoms with Crippen LogP contribution < -0.4 is 4.74 Å². The summed E-state index contributed by atoms with van der Waals surface area (Å²) in [5, 5.41) is 8.98. The highest BCUT2D eigenvalue weighted by Crippen LogP contribution is 2.10. The lowest BCUT2D eigenvalue weighted by Gasteiger charge is -2.16. The number of esters is 1. The van der Waals surface area contributed by atoms with Crippen molar-refractivity contribution < 1.29 is 19.4 Å². The lowest BCUT2D eigenvalue weighted by Crippen LogP contribution is -2.28. The van der Waals surface area contributed by atoms with Crippen LogP contribution in [0.15, 0.2) is 30.3 Å². The third-order valence-electron chi connectivity index (χ3n) is 1.72. The van der Waals surface area contributed by atoms with E-state index in [1.165, 1.54) is 6.92 Å². The maximum absolute atomic E-state index is 10.6. The molecule has 0 bridgehead atoms. The van der Waals surface area contributed by atoms with Gasteiger partial charge in [0, 0.05) is 6.92 Å². The molecule has 0 amide bonds. The third kappa shape index (κ3) is 4.46. The molecule has 1 aromatic rings. The fourth-order valence-electron chi connectivity index (χ4n) is 1.03. The molecule has 0 aliphatic carbocycles. The number of ether oxygens (including phenoxy) is 2. The van der Waals surface area contributed by atoms with Crippen LogP contribution in [0.5, 0.6) is 5.75 Å². The second-order valence-electron chi connectivity index (χ2n) is 3.04. The standard InChI is InChI=1S/C11H14O4/c1-9(13)14-8-11(7-12)15-10-5-3-2-4-6-10/h2-6,11-12H,7-8H2,1H3/t11-/m1/s1. The molecule has 0 saturated heterocycles. The molecule has 0 heterocycles. The highest BCUT2D eigenvalue weighted by Gasteiger charge is 2.10. The van der Waals surface area contributed by atoms with Crippen molar-refractivity contribution in [3.05, 3.63) is 30.3 Å². The topological polar surface area (TPSA) is 55.8 Å². The van der Waals surface area contributed by atoms with Crippen LogP contribution in [0.3, 0.4) is 0 Å². The van der Waals surface area contributed by atoms with E-state index in [0.717, 1.165) is 0 Å². The van der Waals surface area contributed by atoms with Gasteiger partial charge in [0.05, 0.1) is 6.61 Å². The zero-order chi connectivity index (χ0) is 11.1. The Morgan fingerprint density at radius 2 is 2.07 bits per heavy atom. The largest absolute Gasteiger partial charge is 0.484 e. The summed E-state index contributed by atoms with van der Waals surface area (Å²) in [6, 6.07) is 9.07. The van der Waals surface area contributed by atoms with Gasteiger partial charge >= 0.3 is 5.97 Å². The maximum Gasteiger partial charge on any atom is 0.302 e. The van der Waals surface area contributed by atoms with Crippen LogP contribution in [0.4, 0.5) is 0 Å². The molecule has 0 unspecified atom stereocenters. The number of carbonyl (C=O) groups excluding carboxylic acids is 1. The average Bonchev–Trinajstić information content (AvgIpc) is 2.25. The van der Waals surface area contributed by atoms with Gasteiger partial charge in [0.25, 0.3) is 0 Å².